The minimum atomic E-state index is -0.158. The third-order valence-electron chi connectivity index (χ3n) is 5.66. The zero-order chi connectivity index (χ0) is 22.9. The molecule has 4 aromatic rings. The van der Waals surface area contributed by atoms with Gasteiger partial charge in [-0.2, -0.15) is 0 Å². The van der Waals surface area contributed by atoms with Gasteiger partial charge in [0, 0.05) is 9.35 Å². The molecular weight excluding hydrogens is 522 g/mol. The zero-order valence-electron chi connectivity index (χ0n) is 18.0. The number of halogens is 1. The summed E-state index contributed by atoms with van der Waals surface area (Å²) >= 11 is 6.38. The molecule has 1 amide bonds. The van der Waals surface area contributed by atoms with E-state index in [1.54, 1.807) is 28.2 Å². The zero-order valence-corrected chi connectivity index (χ0v) is 21.2. The Morgan fingerprint density at radius 1 is 1.30 bits per heavy atom. The molecule has 0 saturated heterocycles. The van der Waals surface area contributed by atoms with Crippen molar-refractivity contribution < 1.29 is 9.21 Å². The van der Waals surface area contributed by atoms with E-state index in [0.717, 1.165) is 51.5 Å². The first-order chi connectivity index (χ1) is 16.0. The Bertz CT molecular complexity index is 1390. The molecule has 0 radical (unpaired) electrons. The van der Waals surface area contributed by atoms with E-state index >= 15 is 0 Å². The van der Waals surface area contributed by atoms with Crippen molar-refractivity contribution in [2.75, 3.05) is 11.1 Å². The number of thiophene rings is 1. The molecule has 1 aromatic carbocycles. The van der Waals surface area contributed by atoms with Crippen LogP contribution in [0.1, 0.15) is 34.6 Å². The van der Waals surface area contributed by atoms with Gasteiger partial charge in [-0.1, -0.05) is 17.8 Å². The van der Waals surface area contributed by atoms with Crippen LogP contribution in [0.25, 0.3) is 10.2 Å². The molecule has 170 valence electrons. The van der Waals surface area contributed by atoms with E-state index < -0.39 is 0 Å². The summed E-state index contributed by atoms with van der Waals surface area (Å²) in [5, 5.41) is 4.19. The summed E-state index contributed by atoms with van der Waals surface area (Å²) in [6, 6.07) is 9.42. The average Bonchev–Trinajstić information content (AvgIpc) is 3.44. The standard InChI is InChI=1S/C24H22BrN3O3S2/c1-14-8-9-18(17(25)11-14)26-20(29)13-32-24-27-22-21(16-6-2-3-7-19(16)33-22)23(30)28(24)12-15-5-4-10-31-15/h4-5,8-11H,2-3,6-7,12-13H2,1H3,(H,26,29). The number of carbonyl (C=O) groups is 1. The van der Waals surface area contributed by atoms with Crippen LogP contribution >= 0.6 is 39.0 Å². The summed E-state index contributed by atoms with van der Waals surface area (Å²) in [5.74, 6) is 0.660. The van der Waals surface area contributed by atoms with E-state index in [4.69, 9.17) is 9.40 Å². The quantitative estimate of drug-likeness (QED) is 0.246. The Labute approximate surface area is 207 Å². The summed E-state index contributed by atoms with van der Waals surface area (Å²) in [6.45, 7) is 2.28. The van der Waals surface area contributed by atoms with Crippen molar-refractivity contribution >= 4 is 60.8 Å². The Morgan fingerprint density at radius 3 is 2.94 bits per heavy atom. The van der Waals surface area contributed by atoms with Crippen LogP contribution in [0.15, 0.2) is 55.4 Å². The van der Waals surface area contributed by atoms with Crippen molar-refractivity contribution in [1.82, 2.24) is 9.55 Å². The van der Waals surface area contributed by atoms with Gasteiger partial charge in [-0.3, -0.25) is 14.2 Å². The second-order valence-electron chi connectivity index (χ2n) is 8.08. The molecule has 0 bridgehead atoms. The fraction of sp³-hybridized carbons (Fsp3) is 0.292. The predicted octanol–water partition coefficient (Wildman–Crippen LogP) is 5.78. The second-order valence-corrected chi connectivity index (χ2v) is 11.0. The highest BCUT2D eigenvalue weighted by atomic mass is 79.9. The number of nitrogens with zero attached hydrogens (tertiary/aromatic N) is 2. The topological polar surface area (TPSA) is 77.1 Å². The highest BCUT2D eigenvalue weighted by Gasteiger charge is 2.23. The van der Waals surface area contributed by atoms with Crippen LogP contribution in [0.4, 0.5) is 5.69 Å². The largest absolute Gasteiger partial charge is 0.467 e. The number of rotatable bonds is 6. The molecule has 1 N–H and O–H groups in total. The Hall–Kier alpha value is -2.36. The Kier molecular flexibility index (Phi) is 6.44. The van der Waals surface area contributed by atoms with E-state index in [2.05, 4.69) is 21.2 Å². The van der Waals surface area contributed by atoms with Crippen molar-refractivity contribution in [2.24, 2.45) is 0 Å². The number of amides is 1. The van der Waals surface area contributed by atoms with Gasteiger partial charge in [0.05, 0.1) is 29.6 Å². The number of hydrogen-bond acceptors (Lipinski definition) is 6. The molecule has 3 heterocycles. The first-order valence-corrected chi connectivity index (χ1v) is 13.4. The summed E-state index contributed by atoms with van der Waals surface area (Å²) in [7, 11) is 0. The fourth-order valence-corrected chi connectivity index (χ4v) is 6.76. The highest BCUT2D eigenvalue weighted by molar-refractivity contribution is 9.10. The maximum atomic E-state index is 13.6. The van der Waals surface area contributed by atoms with Gasteiger partial charge >= 0.3 is 0 Å². The van der Waals surface area contributed by atoms with Crippen molar-refractivity contribution in [1.29, 1.82) is 0 Å². The summed E-state index contributed by atoms with van der Waals surface area (Å²) in [4.78, 5) is 33.1. The van der Waals surface area contributed by atoms with E-state index in [0.29, 0.717) is 16.6 Å². The van der Waals surface area contributed by atoms with Crippen LogP contribution in [0, 0.1) is 6.92 Å². The minimum absolute atomic E-state index is 0.0556. The van der Waals surface area contributed by atoms with Crippen molar-refractivity contribution in [2.45, 2.75) is 44.3 Å². The lowest BCUT2D eigenvalue weighted by Gasteiger charge is -2.13. The molecule has 33 heavy (non-hydrogen) atoms. The summed E-state index contributed by atoms with van der Waals surface area (Å²) in [6.07, 6.45) is 5.77. The van der Waals surface area contributed by atoms with E-state index in [1.807, 2.05) is 31.2 Å². The number of benzene rings is 1. The number of aryl methyl sites for hydroxylation is 3. The maximum Gasteiger partial charge on any atom is 0.263 e. The molecule has 3 aromatic heterocycles. The van der Waals surface area contributed by atoms with Crippen LogP contribution in [0.2, 0.25) is 0 Å². The van der Waals surface area contributed by atoms with Crippen LogP contribution in [-0.2, 0) is 24.2 Å². The molecule has 0 spiro atoms. The van der Waals surface area contributed by atoms with Crippen LogP contribution in [0.5, 0.6) is 0 Å². The molecule has 9 heteroatoms. The lowest BCUT2D eigenvalue weighted by atomic mass is 9.97. The van der Waals surface area contributed by atoms with Crippen LogP contribution < -0.4 is 10.9 Å². The molecule has 0 saturated carbocycles. The number of aromatic nitrogens is 2. The maximum absolute atomic E-state index is 13.6. The second kappa shape index (κ2) is 9.48. The number of nitrogens with one attached hydrogen (secondary N) is 1. The molecule has 0 unspecified atom stereocenters. The van der Waals surface area contributed by atoms with Crippen molar-refractivity contribution in [3.05, 3.63) is 73.2 Å². The number of thioether (sulfide) groups is 1. The first kappa shape index (κ1) is 22.4. The molecule has 0 aliphatic heterocycles. The van der Waals surface area contributed by atoms with Gasteiger partial charge < -0.3 is 9.73 Å². The third-order valence-corrected chi connectivity index (χ3v) is 8.48. The summed E-state index contributed by atoms with van der Waals surface area (Å²) in [5.41, 5.74) is 2.92. The van der Waals surface area contributed by atoms with Crippen molar-refractivity contribution in [3.63, 3.8) is 0 Å². The van der Waals surface area contributed by atoms with E-state index in [9.17, 15) is 9.59 Å². The minimum Gasteiger partial charge on any atom is -0.467 e. The SMILES string of the molecule is Cc1ccc(NC(=O)CSc2nc3sc4c(c3c(=O)n2Cc2ccco2)CCCC4)c(Br)c1. The fourth-order valence-electron chi connectivity index (χ4n) is 4.07. The molecular formula is C24H22BrN3O3S2. The van der Waals surface area contributed by atoms with Gasteiger partial charge in [0.25, 0.3) is 5.56 Å². The molecule has 0 fully saturated rings. The number of anilines is 1. The van der Waals surface area contributed by atoms with Crippen molar-refractivity contribution in [3.8, 4) is 0 Å². The number of furan rings is 1. The molecule has 1 aliphatic carbocycles. The predicted molar refractivity (Wildman–Crippen MR) is 137 cm³/mol. The van der Waals surface area contributed by atoms with Gasteiger partial charge in [-0.25, -0.2) is 4.98 Å². The molecule has 0 atom stereocenters. The van der Waals surface area contributed by atoms with E-state index in [-0.39, 0.29) is 23.8 Å². The van der Waals surface area contributed by atoms with Crippen LogP contribution in [-0.4, -0.2) is 21.2 Å². The third kappa shape index (κ3) is 4.67. The van der Waals surface area contributed by atoms with Crippen LogP contribution in [0.3, 0.4) is 0 Å². The normalized spacial score (nSPS) is 13.3. The number of hydrogen-bond donors (Lipinski definition) is 1. The lowest BCUT2D eigenvalue weighted by Crippen LogP contribution is -2.25. The van der Waals surface area contributed by atoms with Gasteiger partial charge in [0.15, 0.2) is 5.16 Å². The molecule has 6 nitrogen and oxygen atoms in total. The first-order valence-electron chi connectivity index (χ1n) is 10.8. The lowest BCUT2D eigenvalue weighted by molar-refractivity contribution is -0.113. The number of fused-ring (bicyclic) bond motifs is 3. The highest BCUT2D eigenvalue weighted by Crippen LogP contribution is 2.35. The Balaban J connectivity index is 1.45. The molecule has 1 aliphatic rings. The Morgan fingerprint density at radius 2 is 2.15 bits per heavy atom. The average molecular weight is 544 g/mol. The van der Waals surface area contributed by atoms with Gasteiger partial charge in [-0.15, -0.1) is 11.3 Å². The van der Waals surface area contributed by atoms with Gasteiger partial charge in [-0.05, 0) is 83.9 Å². The van der Waals surface area contributed by atoms with E-state index in [1.165, 1.54) is 16.6 Å². The molecule has 5 rings (SSSR count). The number of carbonyl (C=O) groups excluding carboxylic acids is 1. The van der Waals surface area contributed by atoms with Gasteiger partial charge in [0.2, 0.25) is 5.91 Å². The summed E-state index contributed by atoms with van der Waals surface area (Å²) < 4.78 is 7.98. The smallest absolute Gasteiger partial charge is 0.263 e. The van der Waals surface area contributed by atoms with Gasteiger partial charge in [0.1, 0.15) is 10.6 Å². The monoisotopic (exact) mass is 543 g/mol.